The Balaban J connectivity index is 1.63. The number of benzene rings is 2. The Morgan fingerprint density at radius 3 is 2.25 bits per heavy atom. The minimum atomic E-state index is -0.412. The number of esters is 2. The molecule has 3 aromatic rings. The van der Waals surface area contributed by atoms with Gasteiger partial charge in [-0.25, -0.2) is 9.59 Å². The van der Waals surface area contributed by atoms with Crippen LogP contribution in [0.15, 0.2) is 60.7 Å². The summed E-state index contributed by atoms with van der Waals surface area (Å²) in [5.74, 6) is -0.773. The molecule has 0 saturated heterocycles. The third-order valence-corrected chi connectivity index (χ3v) is 6.73. The summed E-state index contributed by atoms with van der Waals surface area (Å²) in [6.45, 7) is 9.10. The first-order valence-electron chi connectivity index (χ1n) is 11.9. The van der Waals surface area contributed by atoms with E-state index >= 15 is 0 Å². The van der Waals surface area contributed by atoms with E-state index < -0.39 is 5.97 Å². The molecular weight excluding hydrogens is 494 g/mol. The molecule has 1 aromatic heterocycles. The highest BCUT2D eigenvalue weighted by Crippen LogP contribution is 2.36. The van der Waals surface area contributed by atoms with Crippen LogP contribution in [0.1, 0.15) is 41.5 Å². The number of carbonyl (C=O) groups excluding carboxylic acids is 2. The largest absolute Gasteiger partial charge is 0.462 e. The van der Waals surface area contributed by atoms with Gasteiger partial charge in [0.1, 0.15) is 11.6 Å². The molecule has 190 valence electrons. The topological polar surface area (TPSA) is 79.9 Å². The molecule has 9 heteroatoms. The number of carbonyl (C=O) groups is 2. The fourth-order valence-electron chi connectivity index (χ4n) is 3.43. The Labute approximate surface area is 221 Å². The van der Waals surface area contributed by atoms with Gasteiger partial charge in [0.2, 0.25) is 0 Å². The van der Waals surface area contributed by atoms with Crippen LogP contribution < -0.4 is 10.6 Å². The summed E-state index contributed by atoms with van der Waals surface area (Å²) in [6, 6.07) is 18.5. The summed E-state index contributed by atoms with van der Waals surface area (Å²) >= 11 is 6.90. The first-order chi connectivity index (χ1) is 17.4. The SMILES string of the molecule is CCOC(=O)c1cc(-c2ccccc2)sc1NC(=S)Nc1ccc(C(=O)OCCN(CC)CC)cc1. The van der Waals surface area contributed by atoms with E-state index in [0.29, 0.717) is 40.1 Å². The standard InChI is InChI=1S/C27H31N3O4S2/c1-4-30(5-2)16-17-34-25(31)20-12-14-21(15-13-20)28-27(35)29-24-22(26(32)33-6-3)18-23(36-24)19-10-8-7-9-11-19/h7-15,18H,4-6,16-17H2,1-3H3,(H2,28,29,35). The van der Waals surface area contributed by atoms with E-state index in [2.05, 4.69) is 29.4 Å². The lowest BCUT2D eigenvalue weighted by Gasteiger charge is -2.17. The monoisotopic (exact) mass is 525 g/mol. The summed E-state index contributed by atoms with van der Waals surface area (Å²) in [5, 5.41) is 7.12. The Kier molecular flexibility index (Phi) is 10.4. The Morgan fingerprint density at radius 2 is 1.61 bits per heavy atom. The fourth-order valence-corrected chi connectivity index (χ4v) is 4.78. The quantitative estimate of drug-likeness (QED) is 0.237. The molecule has 2 aromatic carbocycles. The van der Waals surface area contributed by atoms with Gasteiger partial charge in [0, 0.05) is 17.1 Å². The van der Waals surface area contributed by atoms with Crippen molar-refractivity contribution in [1.29, 1.82) is 0 Å². The second-order valence-electron chi connectivity index (χ2n) is 7.76. The van der Waals surface area contributed by atoms with E-state index in [1.54, 1.807) is 31.2 Å². The molecule has 2 N–H and O–H groups in total. The second-order valence-corrected chi connectivity index (χ2v) is 9.22. The number of thiophene rings is 1. The van der Waals surface area contributed by atoms with Gasteiger partial charge in [-0.1, -0.05) is 44.2 Å². The molecule has 0 atom stereocenters. The maximum atomic E-state index is 12.5. The molecule has 36 heavy (non-hydrogen) atoms. The number of thiocarbonyl (C=S) groups is 1. The normalized spacial score (nSPS) is 10.7. The van der Waals surface area contributed by atoms with Crippen LogP contribution in [0.5, 0.6) is 0 Å². The maximum absolute atomic E-state index is 12.5. The molecular formula is C27H31N3O4S2. The van der Waals surface area contributed by atoms with Crippen LogP contribution >= 0.6 is 23.6 Å². The number of nitrogens with one attached hydrogen (secondary N) is 2. The highest BCUT2D eigenvalue weighted by Gasteiger charge is 2.19. The third-order valence-electron chi connectivity index (χ3n) is 5.43. The van der Waals surface area contributed by atoms with Gasteiger partial charge in [-0.3, -0.25) is 0 Å². The molecule has 0 aliphatic heterocycles. The van der Waals surface area contributed by atoms with Gasteiger partial charge in [0.25, 0.3) is 0 Å². The van der Waals surface area contributed by atoms with E-state index in [9.17, 15) is 9.59 Å². The van der Waals surface area contributed by atoms with Crippen molar-refractivity contribution in [3.05, 3.63) is 71.8 Å². The van der Waals surface area contributed by atoms with Crippen LogP contribution in [0.25, 0.3) is 10.4 Å². The van der Waals surface area contributed by atoms with Gasteiger partial charge < -0.3 is 25.0 Å². The summed E-state index contributed by atoms with van der Waals surface area (Å²) in [5.41, 5.74) is 2.59. The van der Waals surface area contributed by atoms with Gasteiger partial charge in [-0.2, -0.15) is 0 Å². The molecule has 0 aliphatic carbocycles. The summed E-state index contributed by atoms with van der Waals surface area (Å²) in [6.07, 6.45) is 0. The minimum absolute atomic E-state index is 0.279. The first kappa shape index (κ1) is 27.3. The average Bonchev–Trinajstić information content (AvgIpc) is 3.31. The lowest BCUT2D eigenvalue weighted by molar-refractivity contribution is 0.0465. The number of hydrogen-bond acceptors (Lipinski definition) is 7. The van der Waals surface area contributed by atoms with Crippen LogP contribution in [0, 0.1) is 0 Å². The maximum Gasteiger partial charge on any atom is 0.341 e. The van der Waals surface area contributed by atoms with Gasteiger partial charge in [-0.05, 0) is 68.1 Å². The molecule has 0 unspecified atom stereocenters. The van der Waals surface area contributed by atoms with Crippen molar-refractivity contribution in [2.45, 2.75) is 20.8 Å². The number of likely N-dealkylation sites (N-methyl/N-ethyl adjacent to an activating group) is 1. The Morgan fingerprint density at radius 1 is 0.917 bits per heavy atom. The molecule has 7 nitrogen and oxygen atoms in total. The van der Waals surface area contributed by atoms with E-state index in [-0.39, 0.29) is 12.6 Å². The number of rotatable bonds is 11. The second kappa shape index (κ2) is 13.7. The van der Waals surface area contributed by atoms with Crippen LogP contribution in [-0.4, -0.2) is 54.8 Å². The molecule has 0 radical (unpaired) electrons. The zero-order chi connectivity index (χ0) is 25.9. The van der Waals surface area contributed by atoms with Crippen LogP contribution in [0.4, 0.5) is 10.7 Å². The molecule has 0 amide bonds. The van der Waals surface area contributed by atoms with Crippen molar-refractivity contribution in [2.75, 3.05) is 43.5 Å². The fraction of sp³-hybridized carbons (Fsp3) is 0.296. The summed E-state index contributed by atoms with van der Waals surface area (Å²) < 4.78 is 10.6. The average molecular weight is 526 g/mol. The van der Waals surface area contributed by atoms with Gasteiger partial charge >= 0.3 is 11.9 Å². The van der Waals surface area contributed by atoms with Gasteiger partial charge in [0.15, 0.2) is 5.11 Å². The molecule has 0 aliphatic rings. The predicted octanol–water partition coefficient (Wildman–Crippen LogP) is 5.90. The van der Waals surface area contributed by atoms with Gasteiger partial charge in [-0.15, -0.1) is 11.3 Å². The van der Waals surface area contributed by atoms with Crippen molar-refractivity contribution < 1.29 is 19.1 Å². The summed E-state index contributed by atoms with van der Waals surface area (Å²) in [7, 11) is 0. The van der Waals surface area contributed by atoms with E-state index in [1.807, 2.05) is 36.4 Å². The minimum Gasteiger partial charge on any atom is -0.462 e. The van der Waals surface area contributed by atoms with Crippen molar-refractivity contribution in [1.82, 2.24) is 4.90 Å². The lowest BCUT2D eigenvalue weighted by atomic mass is 10.1. The van der Waals surface area contributed by atoms with Crippen LogP contribution in [0.3, 0.4) is 0 Å². The zero-order valence-corrected chi connectivity index (χ0v) is 22.3. The molecule has 0 fully saturated rings. The number of hydrogen-bond donors (Lipinski definition) is 2. The number of anilines is 2. The van der Waals surface area contributed by atoms with Gasteiger partial charge in [0.05, 0.1) is 17.7 Å². The zero-order valence-electron chi connectivity index (χ0n) is 20.7. The predicted molar refractivity (Wildman–Crippen MR) is 150 cm³/mol. The van der Waals surface area contributed by atoms with Crippen molar-refractivity contribution in [2.24, 2.45) is 0 Å². The molecule has 0 saturated carbocycles. The third kappa shape index (κ3) is 7.61. The molecule has 1 heterocycles. The number of nitrogens with zero attached hydrogens (tertiary/aromatic N) is 1. The Bertz CT molecular complexity index is 1160. The first-order valence-corrected chi connectivity index (χ1v) is 13.1. The van der Waals surface area contributed by atoms with Crippen LogP contribution in [0.2, 0.25) is 0 Å². The smallest absolute Gasteiger partial charge is 0.341 e. The van der Waals surface area contributed by atoms with Crippen molar-refractivity contribution in [3.8, 4) is 10.4 Å². The molecule has 3 rings (SSSR count). The van der Waals surface area contributed by atoms with E-state index in [4.69, 9.17) is 21.7 Å². The highest BCUT2D eigenvalue weighted by atomic mass is 32.1. The van der Waals surface area contributed by atoms with E-state index in [0.717, 1.165) is 23.5 Å². The summed E-state index contributed by atoms with van der Waals surface area (Å²) in [4.78, 5) is 28.0. The molecule has 0 bridgehead atoms. The van der Waals surface area contributed by atoms with Crippen LogP contribution in [-0.2, 0) is 9.47 Å². The van der Waals surface area contributed by atoms with E-state index in [1.165, 1.54) is 11.3 Å². The Hall–Kier alpha value is -3.27. The lowest BCUT2D eigenvalue weighted by Crippen LogP contribution is -2.27. The number of ether oxygens (including phenoxy) is 2. The van der Waals surface area contributed by atoms with Crippen molar-refractivity contribution in [3.63, 3.8) is 0 Å². The molecule has 0 spiro atoms. The highest BCUT2D eigenvalue weighted by molar-refractivity contribution is 7.80. The van der Waals surface area contributed by atoms with Crippen molar-refractivity contribution >= 4 is 51.3 Å².